The fraction of sp³-hybridized carbons (Fsp3) is 0.786. The molecule has 0 N–H and O–H groups in total. The monoisotopic (exact) mass is 335 g/mol. The first-order chi connectivity index (χ1) is 9.28. The van der Waals surface area contributed by atoms with E-state index >= 15 is 0 Å². The quantitative estimate of drug-likeness (QED) is 0.551. The van der Waals surface area contributed by atoms with E-state index in [4.69, 9.17) is 16.3 Å². The molecule has 0 aromatic rings. The first kappa shape index (κ1) is 20.6. The van der Waals surface area contributed by atoms with Gasteiger partial charge in [-0.3, -0.25) is 4.79 Å². The second kappa shape index (κ2) is 7.23. The van der Waals surface area contributed by atoms with Gasteiger partial charge in [0.1, 0.15) is 11.2 Å². The molecule has 0 spiro atoms. The Morgan fingerprint density at radius 2 is 1.38 bits per heavy atom. The van der Waals surface area contributed by atoms with Crippen LogP contribution in [0.5, 0.6) is 0 Å². The molecule has 5 nitrogen and oxygen atoms in total. The second-order valence-electron chi connectivity index (χ2n) is 6.43. The van der Waals surface area contributed by atoms with Gasteiger partial charge in [-0.15, -0.1) is 0 Å². The molecule has 124 valence electrons. The predicted molar refractivity (Wildman–Crippen MR) is 93.6 cm³/mol. The molecule has 1 amide bonds. The maximum Gasteiger partial charge on any atom is 0.251 e. The SMILES string of the molecule is CC(C)=C(OP(=S)(N(C)C)N(C)C)C(C)(C)C(=O)N(C)C. The van der Waals surface area contributed by atoms with Crippen LogP contribution in [-0.2, 0) is 21.1 Å². The van der Waals surface area contributed by atoms with E-state index < -0.39 is 12.0 Å². The molecular formula is C14H30N3O2PS. The van der Waals surface area contributed by atoms with Crippen LogP contribution in [0, 0.1) is 5.41 Å². The smallest absolute Gasteiger partial charge is 0.251 e. The van der Waals surface area contributed by atoms with Crippen molar-refractivity contribution in [2.45, 2.75) is 27.7 Å². The van der Waals surface area contributed by atoms with Crippen molar-refractivity contribution in [3.8, 4) is 0 Å². The van der Waals surface area contributed by atoms with Crippen LogP contribution in [0.15, 0.2) is 11.3 Å². The van der Waals surface area contributed by atoms with E-state index in [0.29, 0.717) is 5.76 Å². The summed E-state index contributed by atoms with van der Waals surface area (Å²) in [6, 6.07) is 0. The minimum atomic E-state index is -2.37. The number of amides is 1. The van der Waals surface area contributed by atoms with E-state index in [0.717, 1.165) is 5.57 Å². The highest BCUT2D eigenvalue weighted by Crippen LogP contribution is 2.55. The van der Waals surface area contributed by atoms with E-state index in [1.807, 2.05) is 65.2 Å². The predicted octanol–water partition coefficient (Wildman–Crippen LogP) is 2.76. The number of rotatable bonds is 6. The van der Waals surface area contributed by atoms with Crippen molar-refractivity contribution in [1.29, 1.82) is 0 Å². The van der Waals surface area contributed by atoms with Gasteiger partial charge in [-0.1, -0.05) is 0 Å². The molecule has 0 saturated heterocycles. The van der Waals surface area contributed by atoms with E-state index in [2.05, 4.69) is 0 Å². The lowest BCUT2D eigenvalue weighted by atomic mass is 9.87. The molecule has 0 aromatic heterocycles. The fourth-order valence-corrected chi connectivity index (χ4v) is 4.04. The average molecular weight is 335 g/mol. The van der Waals surface area contributed by atoms with Gasteiger partial charge in [0.15, 0.2) is 0 Å². The summed E-state index contributed by atoms with van der Waals surface area (Å²) in [5.74, 6) is 0.657. The summed E-state index contributed by atoms with van der Waals surface area (Å²) in [7, 11) is 11.1. The summed E-state index contributed by atoms with van der Waals surface area (Å²) in [4.78, 5) is 14.1. The van der Waals surface area contributed by atoms with E-state index in [1.54, 1.807) is 19.0 Å². The van der Waals surface area contributed by atoms with Gasteiger partial charge in [-0.25, -0.2) is 9.34 Å². The normalized spacial score (nSPS) is 12.6. The first-order valence-electron chi connectivity index (χ1n) is 6.83. The third kappa shape index (κ3) is 4.52. The highest BCUT2D eigenvalue weighted by molar-refractivity contribution is 8.09. The lowest BCUT2D eigenvalue weighted by molar-refractivity contribution is -0.136. The Morgan fingerprint density at radius 3 is 1.62 bits per heavy atom. The third-order valence-electron chi connectivity index (χ3n) is 3.18. The van der Waals surface area contributed by atoms with Crippen LogP contribution < -0.4 is 0 Å². The molecular weight excluding hydrogens is 305 g/mol. The van der Waals surface area contributed by atoms with Crippen molar-refractivity contribution in [2.75, 3.05) is 42.3 Å². The Balaban J connectivity index is 5.84. The zero-order chi connectivity index (χ0) is 17.2. The number of nitrogens with zero attached hydrogens (tertiary/aromatic N) is 3. The van der Waals surface area contributed by atoms with Crippen LogP contribution in [0.2, 0.25) is 0 Å². The lowest BCUT2D eigenvalue weighted by Gasteiger charge is -2.39. The molecule has 0 aromatic carbocycles. The van der Waals surface area contributed by atoms with E-state index in [-0.39, 0.29) is 5.91 Å². The summed E-state index contributed by atoms with van der Waals surface area (Å²) in [6.07, 6.45) is 0. The maximum atomic E-state index is 12.5. The van der Waals surface area contributed by atoms with Gasteiger partial charge in [-0.05, 0) is 73.3 Å². The number of allylic oxidation sites excluding steroid dienone is 1. The van der Waals surface area contributed by atoms with Crippen LogP contribution in [-0.4, -0.2) is 62.4 Å². The molecule has 0 atom stereocenters. The van der Waals surface area contributed by atoms with Gasteiger partial charge in [0.25, 0.3) is 6.57 Å². The Morgan fingerprint density at radius 1 is 1.00 bits per heavy atom. The van der Waals surface area contributed by atoms with Crippen LogP contribution in [0.25, 0.3) is 0 Å². The van der Waals surface area contributed by atoms with Crippen LogP contribution in [0.4, 0.5) is 0 Å². The minimum absolute atomic E-state index is 0.00207. The Kier molecular flexibility index (Phi) is 7.08. The van der Waals surface area contributed by atoms with Gasteiger partial charge in [0, 0.05) is 14.1 Å². The van der Waals surface area contributed by atoms with Gasteiger partial charge >= 0.3 is 0 Å². The molecule has 0 aliphatic rings. The van der Waals surface area contributed by atoms with Crippen molar-refractivity contribution in [3.05, 3.63) is 11.3 Å². The zero-order valence-corrected chi connectivity index (χ0v) is 16.7. The molecule has 0 heterocycles. The molecule has 21 heavy (non-hydrogen) atoms. The molecule has 0 rings (SSSR count). The van der Waals surface area contributed by atoms with Gasteiger partial charge < -0.3 is 9.42 Å². The summed E-state index contributed by atoms with van der Waals surface area (Å²) in [5.41, 5.74) is 0.214. The Labute approximate surface area is 135 Å². The molecule has 7 heteroatoms. The molecule has 0 radical (unpaired) electrons. The van der Waals surface area contributed by atoms with Crippen molar-refractivity contribution in [1.82, 2.24) is 14.2 Å². The molecule has 0 aliphatic heterocycles. The van der Waals surface area contributed by atoms with Gasteiger partial charge in [0.2, 0.25) is 5.91 Å². The van der Waals surface area contributed by atoms with Crippen molar-refractivity contribution in [2.24, 2.45) is 5.41 Å². The van der Waals surface area contributed by atoms with Crippen LogP contribution in [0.1, 0.15) is 27.7 Å². The standard InChI is InChI=1S/C14H30N3O2PS/c1-11(2)12(14(3,4)13(18)15(5)6)19-20(21,16(7)8)17(9)10/h1-10H3. The summed E-state index contributed by atoms with van der Waals surface area (Å²) < 4.78 is 10.1. The van der Waals surface area contributed by atoms with Crippen LogP contribution >= 0.6 is 6.57 Å². The average Bonchev–Trinajstić information content (AvgIpc) is 2.32. The first-order valence-corrected chi connectivity index (χ1v) is 9.46. The van der Waals surface area contributed by atoms with Crippen LogP contribution in [0.3, 0.4) is 0 Å². The number of hydrogen-bond acceptors (Lipinski definition) is 3. The maximum absolute atomic E-state index is 12.5. The minimum Gasteiger partial charge on any atom is -0.444 e. The molecule has 0 fully saturated rings. The molecule has 0 unspecified atom stereocenters. The summed E-state index contributed by atoms with van der Waals surface area (Å²) >= 11 is 5.75. The molecule has 0 aliphatic carbocycles. The summed E-state index contributed by atoms with van der Waals surface area (Å²) in [6.45, 7) is 5.29. The number of carbonyl (C=O) groups is 1. The largest absolute Gasteiger partial charge is 0.444 e. The molecule has 0 bridgehead atoms. The summed E-state index contributed by atoms with van der Waals surface area (Å²) in [5, 5.41) is 0. The Hall–Kier alpha value is -0.420. The Bertz CT molecular complexity index is 455. The highest BCUT2D eigenvalue weighted by atomic mass is 32.5. The zero-order valence-electron chi connectivity index (χ0n) is 15.0. The second-order valence-corrected chi connectivity index (χ2v) is 10.6. The molecule has 0 saturated carbocycles. The fourth-order valence-electron chi connectivity index (χ4n) is 2.13. The van der Waals surface area contributed by atoms with Crippen molar-refractivity contribution >= 4 is 24.3 Å². The highest BCUT2D eigenvalue weighted by Gasteiger charge is 2.39. The van der Waals surface area contributed by atoms with E-state index in [1.165, 1.54) is 0 Å². The van der Waals surface area contributed by atoms with Crippen molar-refractivity contribution in [3.63, 3.8) is 0 Å². The third-order valence-corrected chi connectivity index (χ3v) is 7.81. The van der Waals surface area contributed by atoms with E-state index in [9.17, 15) is 4.79 Å². The lowest BCUT2D eigenvalue weighted by Crippen LogP contribution is -2.39. The van der Waals surface area contributed by atoms with Gasteiger partial charge in [0.05, 0.1) is 0 Å². The van der Waals surface area contributed by atoms with Gasteiger partial charge in [-0.2, -0.15) is 0 Å². The van der Waals surface area contributed by atoms with Crippen molar-refractivity contribution < 1.29 is 9.32 Å². The number of hydrogen-bond donors (Lipinski definition) is 0. The number of carbonyl (C=O) groups excluding carboxylic acids is 1. The topological polar surface area (TPSA) is 36.0 Å².